The van der Waals surface area contributed by atoms with Crippen LogP contribution in [0.15, 0.2) is 45.7 Å². The highest BCUT2D eigenvalue weighted by Gasteiger charge is 2.26. The van der Waals surface area contributed by atoms with Gasteiger partial charge in [0.25, 0.3) is 11.5 Å². The Balaban J connectivity index is 0.000000396. The van der Waals surface area contributed by atoms with Crippen molar-refractivity contribution in [3.63, 3.8) is 0 Å². The molecule has 0 aliphatic carbocycles. The summed E-state index contributed by atoms with van der Waals surface area (Å²) < 4.78 is 5.22. The number of hydrogen-bond donors (Lipinski definition) is 3. The van der Waals surface area contributed by atoms with E-state index in [0.717, 1.165) is 32.1 Å². The van der Waals surface area contributed by atoms with E-state index < -0.39 is 5.97 Å². The van der Waals surface area contributed by atoms with E-state index >= 15 is 0 Å². The maximum atomic E-state index is 11.1. The highest BCUT2D eigenvalue weighted by molar-refractivity contribution is 5.62. The number of hydrogen-bond acceptors (Lipinski definition) is 4. The third kappa shape index (κ3) is 4.60. The number of aromatic amines is 1. The van der Waals surface area contributed by atoms with E-state index in [2.05, 4.69) is 34.7 Å². The van der Waals surface area contributed by atoms with Crippen molar-refractivity contribution in [2.75, 3.05) is 6.54 Å². The van der Waals surface area contributed by atoms with Crippen LogP contribution >= 0.6 is 0 Å². The molecule has 0 saturated carbocycles. The molecule has 0 spiro atoms. The molecule has 0 bridgehead atoms. The first-order chi connectivity index (χ1) is 10.6. The minimum absolute atomic E-state index is 0.153. The summed E-state index contributed by atoms with van der Waals surface area (Å²) in [5.74, 6) is 0.262. The fourth-order valence-corrected chi connectivity index (χ4v) is 2.61. The highest BCUT2D eigenvalue weighted by atomic mass is 16.5. The van der Waals surface area contributed by atoms with Gasteiger partial charge < -0.3 is 14.9 Å². The molecule has 2 aromatic rings. The fourth-order valence-electron chi connectivity index (χ4n) is 2.61. The lowest BCUT2D eigenvalue weighted by Gasteiger charge is -2.29. The van der Waals surface area contributed by atoms with E-state index in [9.17, 15) is 4.79 Å². The second kappa shape index (κ2) is 7.61. The fraction of sp³-hybridized carbons (Fsp3) is 0.375. The van der Waals surface area contributed by atoms with Crippen molar-refractivity contribution < 1.29 is 14.4 Å². The zero-order chi connectivity index (χ0) is 15.9. The molecule has 22 heavy (non-hydrogen) atoms. The maximum Gasteiger partial charge on any atom is 0.300 e. The zero-order valence-electron chi connectivity index (χ0n) is 12.4. The van der Waals surface area contributed by atoms with Crippen molar-refractivity contribution in [2.24, 2.45) is 0 Å². The van der Waals surface area contributed by atoms with Gasteiger partial charge in [-0.3, -0.25) is 9.59 Å². The normalized spacial score (nSPS) is 20.8. The first kappa shape index (κ1) is 16.0. The van der Waals surface area contributed by atoms with Crippen LogP contribution in [0.5, 0.6) is 0 Å². The van der Waals surface area contributed by atoms with Gasteiger partial charge in [-0.1, -0.05) is 30.3 Å². The largest absolute Gasteiger partial charge is 0.481 e. The summed E-state index contributed by atoms with van der Waals surface area (Å²) in [6, 6.07) is 12.3. The summed E-state index contributed by atoms with van der Waals surface area (Å²) in [4.78, 5) is 20.1. The third-order valence-electron chi connectivity index (χ3n) is 3.55. The Labute approximate surface area is 128 Å². The summed E-state index contributed by atoms with van der Waals surface area (Å²) in [6.07, 6.45) is 1.97. The second-order valence-electron chi connectivity index (χ2n) is 5.27. The first-order valence-electron chi connectivity index (χ1n) is 7.22. The Morgan fingerprint density at radius 1 is 1.32 bits per heavy atom. The van der Waals surface area contributed by atoms with Gasteiger partial charge in [-0.25, -0.2) is 0 Å². The Hall–Kier alpha value is -2.34. The van der Waals surface area contributed by atoms with Crippen LogP contribution in [0, 0.1) is 0 Å². The summed E-state index contributed by atoms with van der Waals surface area (Å²) in [7, 11) is 0. The van der Waals surface area contributed by atoms with Crippen molar-refractivity contribution in [1.82, 2.24) is 10.5 Å². The number of carboxylic acids is 1. The Bertz CT molecular complexity index is 643. The number of piperidine rings is 1. The monoisotopic (exact) mass is 304 g/mol. The predicted octanol–water partition coefficient (Wildman–Crippen LogP) is 2.27. The zero-order valence-corrected chi connectivity index (χ0v) is 12.4. The third-order valence-corrected chi connectivity index (χ3v) is 3.55. The van der Waals surface area contributed by atoms with Crippen molar-refractivity contribution in [2.45, 2.75) is 31.7 Å². The molecule has 3 N–H and O–H groups in total. The molecular formula is C16H20N2O4. The molecule has 1 fully saturated rings. The number of rotatable bonds is 2. The Morgan fingerprint density at radius 2 is 2.00 bits per heavy atom. The lowest BCUT2D eigenvalue weighted by Crippen LogP contribution is -2.30. The average molecular weight is 304 g/mol. The van der Waals surface area contributed by atoms with Crippen molar-refractivity contribution in [3.8, 4) is 0 Å². The predicted molar refractivity (Wildman–Crippen MR) is 81.8 cm³/mol. The lowest BCUT2D eigenvalue weighted by molar-refractivity contribution is -0.134. The molecule has 1 aliphatic heterocycles. The van der Waals surface area contributed by atoms with E-state index in [-0.39, 0.29) is 5.56 Å². The smallest absolute Gasteiger partial charge is 0.300 e. The number of nitrogens with one attached hydrogen (secondary N) is 2. The van der Waals surface area contributed by atoms with E-state index in [1.54, 1.807) is 6.07 Å². The van der Waals surface area contributed by atoms with Crippen LogP contribution in [0.4, 0.5) is 0 Å². The molecule has 118 valence electrons. The Kier molecular flexibility index (Phi) is 5.55. The van der Waals surface area contributed by atoms with Gasteiger partial charge in [0.1, 0.15) is 5.76 Å². The number of benzene rings is 1. The molecule has 0 radical (unpaired) electrons. The van der Waals surface area contributed by atoms with Crippen LogP contribution in [-0.2, 0) is 4.79 Å². The summed E-state index contributed by atoms with van der Waals surface area (Å²) in [5, 5.41) is 13.3. The average Bonchev–Trinajstić information content (AvgIpc) is 2.94. The van der Waals surface area contributed by atoms with E-state index in [1.807, 2.05) is 6.07 Å². The van der Waals surface area contributed by atoms with Gasteiger partial charge >= 0.3 is 0 Å². The molecule has 0 unspecified atom stereocenters. The van der Waals surface area contributed by atoms with Crippen LogP contribution in [0.1, 0.15) is 43.0 Å². The van der Waals surface area contributed by atoms with Crippen LogP contribution in [0.2, 0.25) is 0 Å². The quantitative estimate of drug-likeness (QED) is 0.791. The van der Waals surface area contributed by atoms with Gasteiger partial charge in [-0.2, -0.15) is 5.16 Å². The molecule has 6 heteroatoms. The summed E-state index contributed by atoms with van der Waals surface area (Å²) >= 11 is 0. The molecule has 2 heterocycles. The first-order valence-corrected chi connectivity index (χ1v) is 7.22. The van der Waals surface area contributed by atoms with Gasteiger partial charge in [0.05, 0.1) is 0 Å². The van der Waals surface area contributed by atoms with Crippen molar-refractivity contribution >= 4 is 5.97 Å². The van der Waals surface area contributed by atoms with E-state index in [0.29, 0.717) is 12.0 Å². The van der Waals surface area contributed by atoms with Gasteiger partial charge in [0.15, 0.2) is 0 Å². The van der Waals surface area contributed by atoms with Crippen LogP contribution in [-0.4, -0.2) is 22.8 Å². The van der Waals surface area contributed by atoms with Crippen LogP contribution < -0.4 is 10.9 Å². The van der Waals surface area contributed by atoms with Gasteiger partial charge in [-0.15, -0.1) is 0 Å². The van der Waals surface area contributed by atoms with Crippen LogP contribution in [0.25, 0.3) is 0 Å². The summed E-state index contributed by atoms with van der Waals surface area (Å²) in [5.41, 5.74) is 1.14. The molecule has 1 aromatic heterocycles. The van der Waals surface area contributed by atoms with Crippen molar-refractivity contribution in [3.05, 3.63) is 58.1 Å². The summed E-state index contributed by atoms with van der Waals surface area (Å²) in [6.45, 7) is 2.03. The minimum atomic E-state index is -0.833. The highest BCUT2D eigenvalue weighted by Crippen LogP contribution is 2.33. The maximum absolute atomic E-state index is 11.1. The second-order valence-corrected chi connectivity index (χ2v) is 5.27. The molecular weight excluding hydrogens is 284 g/mol. The molecule has 1 aromatic carbocycles. The lowest BCUT2D eigenvalue weighted by atomic mass is 9.87. The molecule has 1 aliphatic rings. The van der Waals surface area contributed by atoms with Crippen molar-refractivity contribution in [1.29, 1.82) is 0 Å². The molecule has 6 nitrogen and oxygen atoms in total. The van der Waals surface area contributed by atoms with E-state index in [4.69, 9.17) is 14.4 Å². The molecule has 3 rings (SSSR count). The topological polar surface area (TPSA) is 95.3 Å². The number of aliphatic carboxylic acids is 1. The molecule has 0 amide bonds. The van der Waals surface area contributed by atoms with E-state index in [1.165, 1.54) is 5.56 Å². The number of carboxylic acid groups (broad SMARTS) is 1. The molecule has 2 atom stereocenters. The van der Waals surface area contributed by atoms with Gasteiger partial charge in [-0.05, 0) is 24.9 Å². The number of carbonyl (C=O) groups is 1. The number of H-pyrrole nitrogens is 1. The minimum Gasteiger partial charge on any atom is -0.481 e. The van der Waals surface area contributed by atoms with Crippen LogP contribution in [0.3, 0.4) is 0 Å². The standard InChI is InChI=1S/C14H16N2O2.C2H4O2/c17-14-9-13(18-16-14)11-6-7-15-12(8-11)10-4-2-1-3-5-10;1-2(3)4/h1-5,9,11-12,15H,6-8H2,(H,16,17);1H3,(H,3,4)/t11-,12+;/m0./s1. The molecule has 1 saturated heterocycles. The van der Waals surface area contributed by atoms with Gasteiger partial charge in [0, 0.05) is 24.9 Å². The van der Waals surface area contributed by atoms with Gasteiger partial charge in [0.2, 0.25) is 0 Å². The number of aromatic nitrogens is 1. The SMILES string of the molecule is CC(=O)O.O=c1cc([C@H]2CCN[C@@H](c3ccccc3)C2)o[nH]1. The Morgan fingerprint density at radius 3 is 2.59 bits per heavy atom.